The molecule has 1 aliphatic rings. The maximum absolute atomic E-state index is 12.8. The molecule has 0 bridgehead atoms. The van der Waals surface area contributed by atoms with Crippen molar-refractivity contribution in [3.8, 4) is 0 Å². The molecule has 0 aromatic heterocycles. The number of carboxylic acid groups (broad SMARTS) is 1. The van der Waals surface area contributed by atoms with Gasteiger partial charge in [0.05, 0.1) is 6.04 Å². The molecule has 0 spiro atoms. The van der Waals surface area contributed by atoms with E-state index in [1.54, 1.807) is 30.3 Å². The molecule has 3 rings (SSSR count). The molecule has 0 amide bonds. The van der Waals surface area contributed by atoms with Crippen LogP contribution in [0.25, 0.3) is 0 Å². The molecular weight excluding hydrogens is 358 g/mol. The molecule has 2 aromatic carbocycles. The van der Waals surface area contributed by atoms with Gasteiger partial charge in [0, 0.05) is 16.7 Å². The number of amidine groups is 1. The molecule has 1 aliphatic heterocycles. The minimum absolute atomic E-state index is 0.0959. The van der Waals surface area contributed by atoms with Crippen molar-refractivity contribution in [1.82, 2.24) is 5.32 Å². The molecule has 0 aliphatic carbocycles. The number of nitrogens with one attached hydrogen (secondary N) is 2. The Labute approximate surface area is 162 Å². The molecule has 28 heavy (non-hydrogen) atoms. The van der Waals surface area contributed by atoms with Crippen LogP contribution in [0.15, 0.2) is 42.5 Å². The highest BCUT2D eigenvalue weighted by Gasteiger charge is 2.33. The van der Waals surface area contributed by atoms with Gasteiger partial charge in [-0.2, -0.15) is 0 Å². The predicted octanol–water partition coefficient (Wildman–Crippen LogP) is 2.34. The molecule has 7 heteroatoms. The van der Waals surface area contributed by atoms with Crippen LogP contribution in [-0.2, 0) is 4.79 Å². The van der Waals surface area contributed by atoms with Crippen molar-refractivity contribution in [3.63, 3.8) is 0 Å². The summed E-state index contributed by atoms with van der Waals surface area (Å²) in [6.45, 7) is 1.83. The minimum Gasteiger partial charge on any atom is -0.481 e. The van der Waals surface area contributed by atoms with Crippen LogP contribution in [0.5, 0.6) is 0 Å². The summed E-state index contributed by atoms with van der Waals surface area (Å²) in [7, 11) is 0. The number of carbonyl (C=O) groups is 2. The molecule has 0 radical (unpaired) electrons. The van der Waals surface area contributed by atoms with Crippen molar-refractivity contribution in [2.24, 2.45) is 11.7 Å². The fraction of sp³-hybridized carbons (Fsp3) is 0.286. The number of rotatable bonds is 7. The maximum atomic E-state index is 12.8. The van der Waals surface area contributed by atoms with Gasteiger partial charge in [-0.3, -0.25) is 20.3 Å². The van der Waals surface area contributed by atoms with Crippen LogP contribution < -0.4 is 11.1 Å². The molecule has 0 saturated carbocycles. The average molecular weight is 381 g/mol. The van der Waals surface area contributed by atoms with E-state index in [1.807, 2.05) is 19.1 Å². The molecule has 2 aromatic rings. The van der Waals surface area contributed by atoms with Gasteiger partial charge >= 0.3 is 5.97 Å². The SMILES string of the molecule is CCCC(C(=O)O)C(=O)c1ccc2c(c1)C(c1ccccc1C(=N)N)NC2O. The Morgan fingerprint density at radius 1 is 1.18 bits per heavy atom. The summed E-state index contributed by atoms with van der Waals surface area (Å²) < 4.78 is 0. The number of ketones is 1. The number of aliphatic carboxylic acids is 1. The zero-order chi connectivity index (χ0) is 20.4. The lowest BCUT2D eigenvalue weighted by atomic mass is 9.89. The van der Waals surface area contributed by atoms with Crippen LogP contribution in [-0.4, -0.2) is 27.8 Å². The summed E-state index contributed by atoms with van der Waals surface area (Å²) in [5.74, 6) is -2.77. The third-order valence-corrected chi connectivity index (χ3v) is 5.06. The first kappa shape index (κ1) is 19.7. The number of Topliss-reactive ketones (excluding diaryl/α,β-unsaturated/α-hetero) is 1. The topological polar surface area (TPSA) is 136 Å². The number of hydrogen-bond acceptors (Lipinski definition) is 5. The van der Waals surface area contributed by atoms with Crippen molar-refractivity contribution in [2.75, 3.05) is 0 Å². The lowest BCUT2D eigenvalue weighted by Gasteiger charge is -2.17. The summed E-state index contributed by atoms with van der Waals surface area (Å²) in [5.41, 5.74) is 8.52. The molecule has 3 unspecified atom stereocenters. The van der Waals surface area contributed by atoms with Gasteiger partial charge in [-0.15, -0.1) is 0 Å². The summed E-state index contributed by atoms with van der Waals surface area (Å²) in [4.78, 5) is 24.2. The van der Waals surface area contributed by atoms with Gasteiger partial charge < -0.3 is 15.9 Å². The second kappa shape index (κ2) is 7.92. The van der Waals surface area contributed by atoms with Crippen molar-refractivity contribution < 1.29 is 19.8 Å². The monoisotopic (exact) mass is 381 g/mol. The van der Waals surface area contributed by atoms with Gasteiger partial charge in [0.2, 0.25) is 0 Å². The summed E-state index contributed by atoms with van der Waals surface area (Å²) in [6.07, 6.45) is -0.0827. The predicted molar refractivity (Wildman–Crippen MR) is 104 cm³/mol. The summed E-state index contributed by atoms with van der Waals surface area (Å²) >= 11 is 0. The van der Waals surface area contributed by atoms with Crippen molar-refractivity contribution >= 4 is 17.6 Å². The minimum atomic E-state index is -1.14. The number of benzene rings is 2. The zero-order valence-corrected chi connectivity index (χ0v) is 15.5. The molecule has 7 nitrogen and oxygen atoms in total. The highest BCUT2D eigenvalue weighted by atomic mass is 16.4. The van der Waals surface area contributed by atoms with E-state index in [0.717, 1.165) is 0 Å². The maximum Gasteiger partial charge on any atom is 0.314 e. The van der Waals surface area contributed by atoms with Crippen molar-refractivity contribution in [1.29, 1.82) is 5.41 Å². The van der Waals surface area contributed by atoms with E-state index >= 15 is 0 Å². The molecule has 0 fully saturated rings. The van der Waals surface area contributed by atoms with Crippen molar-refractivity contribution in [2.45, 2.75) is 32.0 Å². The van der Waals surface area contributed by atoms with Gasteiger partial charge in [0.25, 0.3) is 0 Å². The van der Waals surface area contributed by atoms with Crippen LogP contribution in [0.2, 0.25) is 0 Å². The second-order valence-electron chi connectivity index (χ2n) is 6.89. The fourth-order valence-corrected chi connectivity index (χ4v) is 3.67. The Kier molecular flexibility index (Phi) is 5.58. The quantitative estimate of drug-likeness (QED) is 0.216. The van der Waals surface area contributed by atoms with Crippen LogP contribution in [0.3, 0.4) is 0 Å². The Morgan fingerprint density at radius 3 is 2.54 bits per heavy atom. The van der Waals surface area contributed by atoms with Crippen LogP contribution in [0.1, 0.15) is 64.6 Å². The Morgan fingerprint density at radius 2 is 1.89 bits per heavy atom. The molecule has 3 atom stereocenters. The first-order valence-electron chi connectivity index (χ1n) is 9.13. The number of nitrogens with two attached hydrogens (primary N) is 1. The van der Waals surface area contributed by atoms with Gasteiger partial charge in [-0.05, 0) is 23.6 Å². The van der Waals surface area contributed by atoms with Gasteiger partial charge in [-0.25, -0.2) is 0 Å². The third-order valence-electron chi connectivity index (χ3n) is 5.06. The smallest absolute Gasteiger partial charge is 0.314 e. The number of aliphatic hydroxyl groups is 1. The molecule has 146 valence electrons. The van der Waals surface area contributed by atoms with Gasteiger partial charge in [0.1, 0.15) is 18.0 Å². The van der Waals surface area contributed by atoms with Crippen LogP contribution in [0, 0.1) is 11.3 Å². The van der Waals surface area contributed by atoms with Gasteiger partial charge in [-0.1, -0.05) is 49.7 Å². The van der Waals surface area contributed by atoms with E-state index in [2.05, 4.69) is 5.32 Å². The molecule has 0 saturated heterocycles. The molecule has 1 heterocycles. The second-order valence-corrected chi connectivity index (χ2v) is 6.89. The van der Waals surface area contributed by atoms with Crippen LogP contribution in [0.4, 0.5) is 0 Å². The lowest BCUT2D eigenvalue weighted by molar-refractivity contribution is -0.140. The number of nitrogen functional groups attached to an aromatic ring is 1. The van der Waals surface area contributed by atoms with E-state index in [4.69, 9.17) is 11.1 Å². The number of aliphatic hydroxyl groups excluding tert-OH is 1. The molecule has 6 N–H and O–H groups in total. The van der Waals surface area contributed by atoms with E-state index < -0.39 is 29.9 Å². The lowest BCUT2D eigenvalue weighted by Crippen LogP contribution is -2.24. The van der Waals surface area contributed by atoms with E-state index in [1.165, 1.54) is 0 Å². The van der Waals surface area contributed by atoms with E-state index in [0.29, 0.717) is 34.2 Å². The number of hydrogen-bond donors (Lipinski definition) is 5. The Balaban J connectivity index is 2.05. The number of carbonyl (C=O) groups excluding carboxylic acids is 1. The highest BCUT2D eigenvalue weighted by molar-refractivity contribution is 6.08. The van der Waals surface area contributed by atoms with Gasteiger partial charge in [0.15, 0.2) is 5.78 Å². The number of carboxylic acids is 1. The van der Waals surface area contributed by atoms with Crippen LogP contribution >= 0.6 is 0 Å². The largest absolute Gasteiger partial charge is 0.481 e. The number of fused-ring (bicyclic) bond motifs is 1. The normalized spacial score (nSPS) is 19.1. The Bertz CT molecular complexity index is 941. The average Bonchev–Trinajstić information content (AvgIpc) is 3.01. The summed E-state index contributed by atoms with van der Waals surface area (Å²) in [6, 6.07) is 11.5. The highest BCUT2D eigenvalue weighted by Crippen LogP contribution is 2.38. The fourth-order valence-electron chi connectivity index (χ4n) is 3.67. The zero-order valence-electron chi connectivity index (χ0n) is 15.5. The first-order valence-corrected chi connectivity index (χ1v) is 9.13. The van der Waals surface area contributed by atoms with E-state index in [-0.39, 0.29) is 12.3 Å². The first-order chi connectivity index (χ1) is 13.3. The Hall–Kier alpha value is -3.03. The summed E-state index contributed by atoms with van der Waals surface area (Å²) in [5, 5.41) is 30.6. The van der Waals surface area contributed by atoms with E-state index in [9.17, 15) is 19.8 Å². The molecular formula is C21H23N3O4. The van der Waals surface area contributed by atoms with Crippen molar-refractivity contribution in [3.05, 3.63) is 70.3 Å². The third kappa shape index (κ3) is 3.54. The standard InChI is InChI=1S/C21H23N3O4/c1-2-5-15(21(27)28)18(25)11-8-9-14-16(10-11)17(24-20(14)26)12-6-3-4-7-13(12)19(22)23/h3-4,6-10,15,17,20,24,26H,2,5H2,1H3,(H3,22,23)(H,27,28).